The molecule has 0 aromatic heterocycles. The summed E-state index contributed by atoms with van der Waals surface area (Å²) in [6.45, 7) is 0.364. The number of nitrogens with two attached hydrogens (primary N) is 1. The highest BCUT2D eigenvalue weighted by Gasteiger charge is 2.16. The lowest BCUT2D eigenvalue weighted by Gasteiger charge is -2.14. The molecular weight excluding hydrogens is 276 g/mol. The minimum Gasteiger partial charge on any atom is -0.507 e. The van der Waals surface area contributed by atoms with Crippen molar-refractivity contribution in [1.29, 1.82) is 0 Å². The minimum absolute atomic E-state index is 0.131. The van der Waals surface area contributed by atoms with E-state index in [9.17, 15) is 13.9 Å². The van der Waals surface area contributed by atoms with Gasteiger partial charge in [-0.1, -0.05) is 36.4 Å². The van der Waals surface area contributed by atoms with Gasteiger partial charge in [-0.2, -0.15) is 0 Å². The minimum atomic E-state index is -2.51. The Morgan fingerprint density at radius 1 is 1.10 bits per heavy atom. The molecule has 1 atom stereocenters. The molecule has 0 aliphatic heterocycles. The van der Waals surface area contributed by atoms with Gasteiger partial charge in [0.2, 0.25) is 6.43 Å². The third-order valence-corrected chi connectivity index (χ3v) is 3.08. The van der Waals surface area contributed by atoms with Crippen molar-refractivity contribution in [1.82, 2.24) is 0 Å². The van der Waals surface area contributed by atoms with E-state index in [1.807, 2.05) is 30.3 Å². The Labute approximate surface area is 122 Å². The number of alkyl halides is 2. The monoisotopic (exact) mass is 293 g/mol. The Morgan fingerprint density at radius 2 is 1.81 bits per heavy atom. The number of halogens is 2. The quantitative estimate of drug-likeness (QED) is 0.855. The molecule has 21 heavy (non-hydrogen) atoms. The molecule has 2 aromatic carbocycles. The molecule has 112 valence electrons. The molecule has 0 aliphatic carbocycles. The van der Waals surface area contributed by atoms with Gasteiger partial charge in [0.15, 0.2) is 0 Å². The fourth-order valence-corrected chi connectivity index (χ4v) is 1.99. The van der Waals surface area contributed by atoms with Crippen molar-refractivity contribution in [3.8, 4) is 11.5 Å². The van der Waals surface area contributed by atoms with Gasteiger partial charge in [-0.25, -0.2) is 8.78 Å². The van der Waals surface area contributed by atoms with Crippen LogP contribution in [0, 0.1) is 0 Å². The van der Waals surface area contributed by atoms with Crippen molar-refractivity contribution in [3.05, 3.63) is 59.7 Å². The van der Waals surface area contributed by atoms with Crippen LogP contribution in [0.3, 0.4) is 0 Å². The second-order valence-electron chi connectivity index (χ2n) is 4.73. The molecule has 0 fully saturated rings. The van der Waals surface area contributed by atoms with Gasteiger partial charge in [0, 0.05) is 24.1 Å². The SMILES string of the molecule is N[C@H](CC(F)F)c1ccc(OCc2ccccc2)cc1O. The van der Waals surface area contributed by atoms with Crippen molar-refractivity contribution in [2.45, 2.75) is 25.5 Å². The average Bonchev–Trinajstić information content (AvgIpc) is 2.45. The zero-order chi connectivity index (χ0) is 15.2. The Morgan fingerprint density at radius 3 is 2.43 bits per heavy atom. The Bertz CT molecular complexity index is 576. The molecule has 3 N–H and O–H groups in total. The predicted molar refractivity (Wildman–Crippen MR) is 76.4 cm³/mol. The predicted octanol–water partition coefficient (Wildman–Crippen LogP) is 3.63. The highest BCUT2D eigenvalue weighted by atomic mass is 19.3. The van der Waals surface area contributed by atoms with Crippen molar-refractivity contribution in [2.24, 2.45) is 5.73 Å². The third kappa shape index (κ3) is 4.43. The molecule has 0 bridgehead atoms. The van der Waals surface area contributed by atoms with E-state index in [0.29, 0.717) is 17.9 Å². The highest BCUT2D eigenvalue weighted by molar-refractivity contribution is 5.41. The van der Waals surface area contributed by atoms with Crippen LogP contribution in [0.1, 0.15) is 23.6 Å². The number of phenols is 1. The molecule has 2 aromatic rings. The van der Waals surface area contributed by atoms with Crippen LogP contribution >= 0.6 is 0 Å². The van der Waals surface area contributed by atoms with Crippen molar-refractivity contribution < 1.29 is 18.6 Å². The zero-order valence-corrected chi connectivity index (χ0v) is 11.4. The first kappa shape index (κ1) is 15.3. The number of rotatable bonds is 6. The van der Waals surface area contributed by atoms with E-state index in [0.717, 1.165) is 5.56 Å². The van der Waals surface area contributed by atoms with Gasteiger partial charge >= 0.3 is 0 Å². The zero-order valence-electron chi connectivity index (χ0n) is 11.4. The maximum Gasteiger partial charge on any atom is 0.240 e. The first-order valence-electron chi connectivity index (χ1n) is 6.59. The summed E-state index contributed by atoms with van der Waals surface area (Å²) >= 11 is 0. The summed E-state index contributed by atoms with van der Waals surface area (Å²) in [5.74, 6) is 0.332. The topological polar surface area (TPSA) is 55.5 Å². The Kier molecular flexibility index (Phi) is 5.11. The Hall–Kier alpha value is -2.14. The summed E-state index contributed by atoms with van der Waals surface area (Å²) in [4.78, 5) is 0. The van der Waals surface area contributed by atoms with E-state index in [4.69, 9.17) is 10.5 Å². The van der Waals surface area contributed by atoms with Gasteiger partial charge in [0.1, 0.15) is 18.1 Å². The van der Waals surface area contributed by atoms with E-state index < -0.39 is 18.9 Å². The molecule has 0 saturated carbocycles. The second-order valence-corrected chi connectivity index (χ2v) is 4.73. The van der Waals surface area contributed by atoms with Crippen molar-refractivity contribution >= 4 is 0 Å². The van der Waals surface area contributed by atoms with Gasteiger partial charge in [-0.3, -0.25) is 0 Å². The van der Waals surface area contributed by atoms with Crippen LogP contribution in [-0.2, 0) is 6.61 Å². The first-order chi connectivity index (χ1) is 10.1. The van der Waals surface area contributed by atoms with Crippen molar-refractivity contribution in [2.75, 3.05) is 0 Å². The van der Waals surface area contributed by atoms with Crippen LogP contribution in [0.25, 0.3) is 0 Å². The number of hydrogen-bond donors (Lipinski definition) is 2. The number of aromatic hydroxyl groups is 1. The lowest BCUT2D eigenvalue weighted by atomic mass is 10.0. The van der Waals surface area contributed by atoms with Gasteiger partial charge in [0.05, 0.1) is 0 Å². The summed E-state index contributed by atoms with van der Waals surface area (Å²) in [7, 11) is 0. The lowest BCUT2D eigenvalue weighted by Crippen LogP contribution is -2.14. The number of hydrogen-bond acceptors (Lipinski definition) is 3. The van der Waals surface area contributed by atoms with Crippen LogP contribution < -0.4 is 10.5 Å². The maximum absolute atomic E-state index is 12.3. The molecule has 0 heterocycles. The van der Waals surface area contributed by atoms with E-state index in [1.165, 1.54) is 12.1 Å². The fraction of sp³-hybridized carbons (Fsp3) is 0.250. The van der Waals surface area contributed by atoms with Crippen molar-refractivity contribution in [3.63, 3.8) is 0 Å². The van der Waals surface area contributed by atoms with E-state index in [-0.39, 0.29) is 5.75 Å². The number of ether oxygens (including phenoxy) is 1. The molecule has 5 heteroatoms. The van der Waals surface area contributed by atoms with Crippen LogP contribution in [-0.4, -0.2) is 11.5 Å². The highest BCUT2D eigenvalue weighted by Crippen LogP contribution is 2.30. The van der Waals surface area contributed by atoms with Crippen LogP contribution in [0.2, 0.25) is 0 Å². The molecule has 0 unspecified atom stereocenters. The third-order valence-electron chi connectivity index (χ3n) is 3.08. The smallest absolute Gasteiger partial charge is 0.240 e. The van der Waals surface area contributed by atoms with Gasteiger partial charge in [0.25, 0.3) is 0 Å². The summed E-state index contributed by atoms with van der Waals surface area (Å²) in [5, 5.41) is 9.87. The molecule has 2 rings (SSSR count). The second kappa shape index (κ2) is 7.04. The van der Waals surface area contributed by atoms with Crippen LogP contribution in [0.15, 0.2) is 48.5 Å². The fourth-order valence-electron chi connectivity index (χ4n) is 1.99. The average molecular weight is 293 g/mol. The van der Waals surface area contributed by atoms with Gasteiger partial charge < -0.3 is 15.6 Å². The summed E-state index contributed by atoms with van der Waals surface area (Å²) in [5.41, 5.74) is 6.92. The number of benzene rings is 2. The summed E-state index contributed by atoms with van der Waals surface area (Å²) in [6, 6.07) is 13.2. The van der Waals surface area contributed by atoms with Gasteiger partial charge in [-0.15, -0.1) is 0 Å². The maximum atomic E-state index is 12.3. The first-order valence-corrected chi connectivity index (χ1v) is 6.59. The molecule has 0 aliphatic rings. The Balaban J connectivity index is 2.02. The molecule has 0 spiro atoms. The van der Waals surface area contributed by atoms with Crippen LogP contribution in [0.5, 0.6) is 11.5 Å². The summed E-state index contributed by atoms with van der Waals surface area (Å²) in [6.07, 6.45) is -2.99. The number of phenolic OH excluding ortho intramolecular Hbond substituents is 1. The largest absolute Gasteiger partial charge is 0.507 e. The lowest BCUT2D eigenvalue weighted by molar-refractivity contribution is 0.128. The van der Waals surface area contributed by atoms with E-state index in [1.54, 1.807) is 6.07 Å². The molecule has 3 nitrogen and oxygen atoms in total. The molecule has 0 radical (unpaired) electrons. The van der Waals surface area contributed by atoms with E-state index >= 15 is 0 Å². The molecule has 0 saturated heterocycles. The van der Waals surface area contributed by atoms with Crippen LogP contribution in [0.4, 0.5) is 8.78 Å². The standard InChI is InChI=1S/C16H17F2NO2/c17-16(18)9-14(19)13-7-6-12(8-15(13)20)21-10-11-4-2-1-3-5-11/h1-8,14,16,20H,9-10,19H2/t14-/m1/s1. The summed E-state index contributed by atoms with van der Waals surface area (Å²) < 4.78 is 30.1. The van der Waals surface area contributed by atoms with Gasteiger partial charge in [-0.05, 0) is 11.6 Å². The normalized spacial score (nSPS) is 12.4. The molecular formula is C16H17F2NO2. The van der Waals surface area contributed by atoms with E-state index in [2.05, 4.69) is 0 Å². The molecule has 0 amide bonds.